The molecule has 0 saturated carbocycles. The van der Waals surface area contributed by atoms with E-state index in [2.05, 4.69) is 20.9 Å². The van der Waals surface area contributed by atoms with Crippen LogP contribution >= 0.6 is 0 Å². The molecule has 5 rings (SSSR count). The van der Waals surface area contributed by atoms with Crippen LogP contribution in [-0.4, -0.2) is 64.1 Å². The normalized spacial score (nSPS) is 16.2. The predicted molar refractivity (Wildman–Crippen MR) is 194 cm³/mol. The molecular weight excluding hydrogens is 668 g/mol. The minimum Gasteiger partial charge on any atom is -0.497 e. The van der Waals surface area contributed by atoms with Crippen LogP contribution in [-0.2, 0) is 29.0 Å². The Hall–Kier alpha value is -5.95. The third kappa shape index (κ3) is 8.49. The standard InChI is InChI=1S/C38H42N6O8/c1-47-31-12-7-11-27(21-31)35-38(22-28-9-5-6-10-29(28)24-41-44-39,42-36(52-35)26-13-15-30(16-14-26)51-18-8-17-45)37(46)43-40-23-25-19-32(48-2)34(50-4)33(20-25)49-3/h5-7,9-16,19-21,35,40,45H,8,17-18,22-24H2,1-4H3,(H,43,46)/t35-,38-/m0/s1. The molecule has 0 aliphatic carbocycles. The number of aliphatic hydroxyl groups excluding tert-OH is 1. The van der Waals surface area contributed by atoms with Crippen molar-refractivity contribution in [1.82, 2.24) is 10.9 Å². The second-order valence-electron chi connectivity index (χ2n) is 11.7. The van der Waals surface area contributed by atoms with E-state index in [4.69, 9.17) is 44.1 Å². The summed E-state index contributed by atoms with van der Waals surface area (Å²) in [5.41, 5.74) is 17.0. The summed E-state index contributed by atoms with van der Waals surface area (Å²) in [5.74, 6) is 2.38. The lowest BCUT2D eigenvalue weighted by molar-refractivity contribution is -0.130. The van der Waals surface area contributed by atoms with Gasteiger partial charge in [0.1, 0.15) is 11.5 Å². The van der Waals surface area contributed by atoms with Crippen molar-refractivity contribution in [2.24, 2.45) is 10.1 Å². The smallest absolute Gasteiger partial charge is 0.266 e. The molecule has 0 bridgehead atoms. The Morgan fingerprint density at radius 2 is 1.65 bits per heavy atom. The number of methoxy groups -OCH3 is 4. The van der Waals surface area contributed by atoms with Crippen molar-refractivity contribution in [3.8, 4) is 28.7 Å². The number of hydrazine groups is 1. The monoisotopic (exact) mass is 710 g/mol. The van der Waals surface area contributed by atoms with Crippen LogP contribution in [0.4, 0.5) is 0 Å². The Morgan fingerprint density at radius 1 is 0.923 bits per heavy atom. The van der Waals surface area contributed by atoms with Crippen molar-refractivity contribution in [2.75, 3.05) is 41.7 Å². The maximum atomic E-state index is 14.8. The number of nitrogens with one attached hydrogen (secondary N) is 2. The Morgan fingerprint density at radius 3 is 2.31 bits per heavy atom. The fraction of sp³-hybridized carbons (Fsp3) is 0.316. The minimum absolute atomic E-state index is 0.0296. The lowest BCUT2D eigenvalue weighted by Gasteiger charge is -2.31. The maximum Gasteiger partial charge on any atom is 0.266 e. The number of amides is 1. The van der Waals surface area contributed by atoms with Crippen LogP contribution in [0, 0.1) is 0 Å². The fourth-order valence-corrected chi connectivity index (χ4v) is 5.94. The molecule has 14 heteroatoms. The van der Waals surface area contributed by atoms with Gasteiger partial charge in [-0.25, -0.2) is 10.4 Å². The van der Waals surface area contributed by atoms with Gasteiger partial charge in [0.2, 0.25) is 11.6 Å². The number of benzene rings is 4. The molecule has 4 aromatic carbocycles. The molecule has 3 N–H and O–H groups in total. The summed E-state index contributed by atoms with van der Waals surface area (Å²) in [5, 5.41) is 12.9. The number of azide groups is 1. The molecular formula is C38H42N6O8. The minimum atomic E-state index is -1.56. The van der Waals surface area contributed by atoms with Crippen LogP contribution in [0.15, 0.2) is 95.0 Å². The van der Waals surface area contributed by atoms with E-state index in [1.165, 1.54) is 21.3 Å². The van der Waals surface area contributed by atoms with Crippen LogP contribution in [0.3, 0.4) is 0 Å². The van der Waals surface area contributed by atoms with Gasteiger partial charge in [-0.15, -0.1) is 0 Å². The van der Waals surface area contributed by atoms with Gasteiger partial charge in [0.25, 0.3) is 5.91 Å². The summed E-state index contributed by atoms with van der Waals surface area (Å²) in [7, 11) is 6.17. The largest absolute Gasteiger partial charge is 0.497 e. The number of nitrogens with zero attached hydrogens (tertiary/aromatic N) is 4. The average Bonchev–Trinajstić information content (AvgIpc) is 3.57. The SMILES string of the molecule is COc1cccc([C@@H]2OC(c3ccc(OCCCO)cc3)=N[C@]2(Cc2ccccc2CN=[N+]=[N-])C(=O)NNCc2cc(OC)c(OC)c(OC)c2)c1. The van der Waals surface area contributed by atoms with Crippen molar-refractivity contribution in [3.63, 3.8) is 0 Å². The third-order valence-corrected chi connectivity index (χ3v) is 8.53. The Bertz CT molecular complexity index is 1890. The van der Waals surface area contributed by atoms with E-state index < -0.39 is 17.6 Å². The number of ether oxygens (including phenoxy) is 6. The topological polar surface area (TPSA) is 178 Å². The zero-order valence-electron chi connectivity index (χ0n) is 29.5. The van der Waals surface area contributed by atoms with E-state index in [9.17, 15) is 4.79 Å². The first kappa shape index (κ1) is 37.3. The Kier molecular flexibility index (Phi) is 12.8. The van der Waals surface area contributed by atoms with Crippen LogP contribution in [0.25, 0.3) is 10.4 Å². The molecule has 14 nitrogen and oxygen atoms in total. The highest BCUT2D eigenvalue weighted by Gasteiger charge is 2.53. The maximum absolute atomic E-state index is 14.8. The molecule has 0 spiro atoms. The molecule has 272 valence electrons. The van der Waals surface area contributed by atoms with E-state index in [1.807, 2.05) is 60.7 Å². The summed E-state index contributed by atoms with van der Waals surface area (Å²) in [6, 6.07) is 25.5. The van der Waals surface area contributed by atoms with Gasteiger partial charge >= 0.3 is 0 Å². The zero-order chi connectivity index (χ0) is 36.9. The first-order valence-corrected chi connectivity index (χ1v) is 16.5. The van der Waals surface area contributed by atoms with E-state index in [0.29, 0.717) is 52.9 Å². The first-order chi connectivity index (χ1) is 25.4. The molecule has 1 heterocycles. The second-order valence-corrected chi connectivity index (χ2v) is 11.7. The number of rotatable bonds is 18. The van der Waals surface area contributed by atoms with E-state index in [1.54, 1.807) is 31.4 Å². The number of aliphatic imine (C=N–C) groups is 1. The highest BCUT2D eigenvalue weighted by molar-refractivity contribution is 6.01. The molecule has 0 aromatic heterocycles. The highest BCUT2D eigenvalue weighted by Crippen LogP contribution is 2.44. The number of hydrogen-bond acceptors (Lipinski definition) is 11. The van der Waals surface area contributed by atoms with Gasteiger partial charge in [-0.1, -0.05) is 41.5 Å². The molecule has 0 radical (unpaired) electrons. The van der Waals surface area contributed by atoms with Gasteiger partial charge < -0.3 is 33.5 Å². The third-order valence-electron chi connectivity index (χ3n) is 8.53. The Labute approximate surface area is 301 Å². The molecule has 52 heavy (non-hydrogen) atoms. The number of carbonyl (C=O) groups is 1. The van der Waals surface area contributed by atoms with Crippen LogP contribution < -0.4 is 34.5 Å². The van der Waals surface area contributed by atoms with E-state index in [-0.39, 0.29) is 32.0 Å². The fourth-order valence-electron chi connectivity index (χ4n) is 5.94. The van der Waals surface area contributed by atoms with Crippen molar-refractivity contribution < 1.29 is 38.3 Å². The van der Waals surface area contributed by atoms with E-state index in [0.717, 1.165) is 16.7 Å². The van der Waals surface area contributed by atoms with Gasteiger partial charge in [0, 0.05) is 36.5 Å². The summed E-state index contributed by atoms with van der Waals surface area (Å²) >= 11 is 0. The molecule has 4 aromatic rings. The summed E-state index contributed by atoms with van der Waals surface area (Å²) < 4.78 is 34.4. The zero-order valence-corrected chi connectivity index (χ0v) is 29.5. The molecule has 1 aliphatic heterocycles. The summed E-state index contributed by atoms with van der Waals surface area (Å²) in [6.45, 7) is 0.683. The van der Waals surface area contributed by atoms with Gasteiger partial charge in [0.15, 0.2) is 23.1 Å². The van der Waals surface area contributed by atoms with Gasteiger partial charge in [-0.2, -0.15) is 0 Å². The molecule has 0 unspecified atom stereocenters. The van der Waals surface area contributed by atoms with Gasteiger partial charge in [-0.05, 0) is 76.3 Å². The summed E-state index contributed by atoms with van der Waals surface area (Å²) in [6.07, 6.45) is -0.310. The second kappa shape index (κ2) is 17.8. The predicted octanol–water partition coefficient (Wildman–Crippen LogP) is 5.61. The van der Waals surface area contributed by atoms with Crippen LogP contribution in [0.2, 0.25) is 0 Å². The number of hydrogen-bond donors (Lipinski definition) is 3. The molecule has 1 aliphatic rings. The molecule has 0 saturated heterocycles. The average molecular weight is 711 g/mol. The van der Waals surface area contributed by atoms with Gasteiger partial charge in [-0.3, -0.25) is 10.2 Å². The van der Waals surface area contributed by atoms with Crippen molar-refractivity contribution in [2.45, 2.75) is 37.6 Å². The number of carbonyl (C=O) groups excluding carboxylic acids is 1. The number of aliphatic hydroxyl groups is 1. The quantitative estimate of drug-likeness (QED) is 0.0389. The first-order valence-electron chi connectivity index (χ1n) is 16.5. The molecule has 0 fully saturated rings. The summed E-state index contributed by atoms with van der Waals surface area (Å²) in [4.78, 5) is 22.8. The lowest BCUT2D eigenvalue weighted by atomic mass is 9.81. The highest BCUT2D eigenvalue weighted by atomic mass is 16.5. The van der Waals surface area contributed by atoms with E-state index >= 15 is 0 Å². The van der Waals surface area contributed by atoms with Crippen LogP contribution in [0.1, 0.15) is 40.3 Å². The Balaban J connectivity index is 1.57. The van der Waals surface area contributed by atoms with Crippen LogP contribution in [0.5, 0.6) is 28.7 Å². The van der Waals surface area contributed by atoms with Crippen molar-refractivity contribution in [1.29, 1.82) is 0 Å². The molecule has 1 amide bonds. The van der Waals surface area contributed by atoms with Crippen molar-refractivity contribution in [3.05, 3.63) is 123 Å². The van der Waals surface area contributed by atoms with Crippen molar-refractivity contribution >= 4 is 11.8 Å². The van der Waals surface area contributed by atoms with Gasteiger partial charge in [0.05, 0.1) is 41.6 Å². The molecule has 2 atom stereocenters. The lowest BCUT2D eigenvalue weighted by Crippen LogP contribution is -2.53.